The first-order valence-electron chi connectivity index (χ1n) is 11.8. The number of nitrogens with one attached hydrogen (secondary N) is 2. The van der Waals surface area contributed by atoms with E-state index in [0.29, 0.717) is 42.8 Å². The van der Waals surface area contributed by atoms with E-state index in [0.717, 1.165) is 30.0 Å². The number of rotatable bonds is 10. The molecule has 0 aliphatic carbocycles. The Kier molecular flexibility index (Phi) is 7.55. The Morgan fingerprint density at radius 2 is 2.06 bits per heavy atom. The Labute approximate surface area is 204 Å². The molecule has 1 aromatic carbocycles. The zero-order valence-corrected chi connectivity index (χ0v) is 20.6. The fourth-order valence-corrected chi connectivity index (χ4v) is 4.27. The van der Waals surface area contributed by atoms with Crippen LogP contribution in [0.5, 0.6) is 5.75 Å². The molecule has 186 valence electrons. The number of pyridine rings is 1. The van der Waals surface area contributed by atoms with Gasteiger partial charge in [0.2, 0.25) is 5.91 Å². The summed E-state index contributed by atoms with van der Waals surface area (Å²) in [5, 5.41) is 7.01. The van der Waals surface area contributed by atoms with Gasteiger partial charge in [0.05, 0.1) is 37.9 Å². The van der Waals surface area contributed by atoms with Crippen LogP contribution in [-0.2, 0) is 33.8 Å². The fourth-order valence-electron chi connectivity index (χ4n) is 4.27. The molecule has 0 fully saturated rings. The molecule has 0 spiro atoms. The number of methoxy groups -OCH3 is 2. The van der Waals surface area contributed by atoms with Crippen molar-refractivity contribution in [2.75, 3.05) is 38.1 Å². The average molecular weight is 481 g/mol. The maximum absolute atomic E-state index is 12.8. The lowest BCUT2D eigenvalue weighted by Gasteiger charge is -2.11. The van der Waals surface area contributed by atoms with Crippen molar-refractivity contribution in [2.45, 2.75) is 39.8 Å². The topological polar surface area (TPSA) is 104 Å². The molecule has 1 aliphatic rings. The molecule has 0 radical (unpaired) electrons. The van der Waals surface area contributed by atoms with Gasteiger partial charge in [-0.25, -0.2) is 9.78 Å². The van der Waals surface area contributed by atoms with Gasteiger partial charge < -0.3 is 29.4 Å². The van der Waals surface area contributed by atoms with Gasteiger partial charge in [0.1, 0.15) is 11.4 Å². The first-order valence-corrected chi connectivity index (χ1v) is 11.8. The summed E-state index contributed by atoms with van der Waals surface area (Å²) >= 11 is 0. The third kappa shape index (κ3) is 5.40. The Hall–Kier alpha value is -3.59. The molecule has 2 N–H and O–H groups in total. The van der Waals surface area contributed by atoms with Crippen molar-refractivity contribution in [3.8, 4) is 5.75 Å². The van der Waals surface area contributed by atoms with Crippen molar-refractivity contribution < 1.29 is 23.8 Å². The molecule has 9 heteroatoms. The van der Waals surface area contributed by atoms with Crippen LogP contribution in [0.15, 0.2) is 30.5 Å². The summed E-state index contributed by atoms with van der Waals surface area (Å²) in [5.74, 6) is 0.404. The number of nitrogens with zero attached hydrogens (tertiary/aromatic N) is 2. The number of hydrogen-bond donors (Lipinski definition) is 2. The van der Waals surface area contributed by atoms with E-state index in [1.54, 1.807) is 17.9 Å². The molecule has 1 aliphatic heterocycles. The van der Waals surface area contributed by atoms with Crippen LogP contribution < -0.4 is 15.4 Å². The number of esters is 1. The van der Waals surface area contributed by atoms with Crippen molar-refractivity contribution in [1.29, 1.82) is 0 Å². The Morgan fingerprint density at radius 1 is 1.23 bits per heavy atom. The monoisotopic (exact) mass is 480 g/mol. The van der Waals surface area contributed by atoms with Gasteiger partial charge in [-0.3, -0.25) is 4.79 Å². The molecule has 3 heterocycles. The summed E-state index contributed by atoms with van der Waals surface area (Å²) in [6.45, 7) is 6.02. The smallest absolute Gasteiger partial charge is 0.356 e. The van der Waals surface area contributed by atoms with Crippen LogP contribution in [0.1, 0.15) is 41.9 Å². The average Bonchev–Trinajstić information content (AvgIpc) is 3.42. The minimum atomic E-state index is -0.547. The molecule has 0 unspecified atom stereocenters. The Bertz CT molecular complexity index is 1230. The summed E-state index contributed by atoms with van der Waals surface area (Å²) in [7, 11) is 2.91. The summed E-state index contributed by atoms with van der Waals surface area (Å²) < 4.78 is 17.6. The number of fused-ring (bicyclic) bond motifs is 2. The van der Waals surface area contributed by atoms with Crippen LogP contribution in [-0.4, -0.2) is 48.9 Å². The molecule has 0 bridgehead atoms. The zero-order valence-electron chi connectivity index (χ0n) is 20.6. The predicted molar refractivity (Wildman–Crippen MR) is 134 cm³/mol. The van der Waals surface area contributed by atoms with Crippen molar-refractivity contribution in [3.05, 3.63) is 47.3 Å². The van der Waals surface area contributed by atoms with Crippen LogP contribution in [0.4, 0.5) is 11.4 Å². The van der Waals surface area contributed by atoms with Gasteiger partial charge in [-0.05, 0) is 29.2 Å². The van der Waals surface area contributed by atoms with Gasteiger partial charge in [0, 0.05) is 38.4 Å². The van der Waals surface area contributed by atoms with E-state index in [-0.39, 0.29) is 17.5 Å². The summed E-state index contributed by atoms with van der Waals surface area (Å²) in [6, 6.07) is 8.09. The Morgan fingerprint density at radius 3 is 2.80 bits per heavy atom. The highest BCUT2D eigenvalue weighted by Crippen LogP contribution is 2.33. The van der Waals surface area contributed by atoms with Crippen LogP contribution in [0.2, 0.25) is 0 Å². The summed E-state index contributed by atoms with van der Waals surface area (Å²) in [5.41, 5.74) is 4.34. The van der Waals surface area contributed by atoms with Crippen LogP contribution in [0, 0.1) is 5.92 Å². The summed E-state index contributed by atoms with van der Waals surface area (Å²) in [4.78, 5) is 30.1. The van der Waals surface area contributed by atoms with E-state index in [4.69, 9.17) is 14.2 Å². The largest absolute Gasteiger partial charge is 0.493 e. The number of benzene rings is 1. The lowest BCUT2D eigenvalue weighted by Crippen LogP contribution is -2.19. The van der Waals surface area contributed by atoms with E-state index in [1.807, 2.05) is 32.0 Å². The fraction of sp³-hybridized carbons (Fsp3) is 0.423. The van der Waals surface area contributed by atoms with Gasteiger partial charge in [-0.15, -0.1) is 0 Å². The SMILES string of the molecule is COCCn1c(C(=O)OC)c(NC(=O)CC(C)C)c2cc(NCc3ccc4c(c3)CCO4)cnc21. The lowest BCUT2D eigenvalue weighted by molar-refractivity contribution is -0.116. The summed E-state index contributed by atoms with van der Waals surface area (Å²) in [6.07, 6.45) is 2.98. The molecular formula is C26H32N4O5. The number of anilines is 2. The van der Waals surface area contributed by atoms with Crippen molar-refractivity contribution in [2.24, 2.45) is 5.92 Å². The number of carbonyl (C=O) groups is 2. The number of amides is 1. The van der Waals surface area contributed by atoms with E-state index in [2.05, 4.69) is 21.7 Å². The first kappa shape index (κ1) is 24.5. The Balaban J connectivity index is 1.70. The third-order valence-electron chi connectivity index (χ3n) is 5.90. The van der Waals surface area contributed by atoms with Gasteiger partial charge in [-0.1, -0.05) is 26.0 Å². The van der Waals surface area contributed by atoms with E-state index in [9.17, 15) is 9.59 Å². The predicted octanol–water partition coefficient (Wildman–Crippen LogP) is 4.00. The van der Waals surface area contributed by atoms with Gasteiger partial charge in [0.25, 0.3) is 0 Å². The standard InChI is InChI=1S/C26H32N4O5/c1-16(2)11-22(31)29-23-20-13-19(27-14-17-5-6-21-18(12-17)7-9-35-21)15-28-25(20)30(8-10-33-3)24(23)26(32)34-4/h5-6,12-13,15-16,27H,7-11,14H2,1-4H3,(H,29,31). The molecule has 9 nitrogen and oxygen atoms in total. The molecule has 0 atom stereocenters. The minimum Gasteiger partial charge on any atom is -0.493 e. The van der Waals surface area contributed by atoms with E-state index < -0.39 is 5.97 Å². The molecule has 0 saturated heterocycles. The van der Waals surface area contributed by atoms with Crippen molar-refractivity contribution >= 4 is 34.3 Å². The normalized spacial score (nSPS) is 12.5. The molecule has 4 rings (SSSR count). The number of carbonyl (C=O) groups excluding carboxylic acids is 2. The maximum atomic E-state index is 12.8. The van der Waals surface area contributed by atoms with Crippen LogP contribution in [0.25, 0.3) is 11.0 Å². The first-order chi connectivity index (χ1) is 16.9. The van der Waals surface area contributed by atoms with Gasteiger partial charge in [-0.2, -0.15) is 0 Å². The van der Waals surface area contributed by atoms with E-state index >= 15 is 0 Å². The molecule has 35 heavy (non-hydrogen) atoms. The second-order valence-corrected chi connectivity index (χ2v) is 9.00. The van der Waals surface area contributed by atoms with Crippen molar-refractivity contribution in [3.63, 3.8) is 0 Å². The number of ether oxygens (including phenoxy) is 3. The maximum Gasteiger partial charge on any atom is 0.356 e. The second kappa shape index (κ2) is 10.8. The lowest BCUT2D eigenvalue weighted by atomic mass is 10.1. The molecule has 0 saturated carbocycles. The highest BCUT2D eigenvalue weighted by molar-refractivity contribution is 6.11. The van der Waals surface area contributed by atoms with Gasteiger partial charge >= 0.3 is 5.97 Å². The number of aromatic nitrogens is 2. The molecule has 2 aromatic heterocycles. The molecular weight excluding hydrogens is 448 g/mol. The van der Waals surface area contributed by atoms with Crippen LogP contribution >= 0.6 is 0 Å². The highest BCUT2D eigenvalue weighted by Gasteiger charge is 2.26. The third-order valence-corrected chi connectivity index (χ3v) is 5.90. The van der Waals surface area contributed by atoms with Crippen molar-refractivity contribution in [1.82, 2.24) is 9.55 Å². The molecule has 3 aromatic rings. The van der Waals surface area contributed by atoms with E-state index in [1.165, 1.54) is 12.7 Å². The molecule has 1 amide bonds. The van der Waals surface area contributed by atoms with Gasteiger partial charge in [0.15, 0.2) is 5.69 Å². The van der Waals surface area contributed by atoms with Crippen LogP contribution in [0.3, 0.4) is 0 Å². The zero-order chi connectivity index (χ0) is 24.9. The minimum absolute atomic E-state index is 0.172. The quantitative estimate of drug-likeness (QED) is 0.423. The highest BCUT2D eigenvalue weighted by atomic mass is 16.5. The second-order valence-electron chi connectivity index (χ2n) is 9.00. The number of hydrogen-bond acceptors (Lipinski definition) is 7.